The molecule has 2 amide bonds. The summed E-state index contributed by atoms with van der Waals surface area (Å²) >= 11 is 0. The molecule has 2 heterocycles. The van der Waals surface area contributed by atoms with Crippen molar-refractivity contribution in [3.8, 4) is 5.75 Å². The zero-order valence-electron chi connectivity index (χ0n) is 20.5. The fraction of sp³-hybridized carbons (Fsp3) is 0.440. The third kappa shape index (κ3) is 4.97. The van der Waals surface area contributed by atoms with Gasteiger partial charge in [0.05, 0.1) is 24.2 Å². The van der Waals surface area contributed by atoms with E-state index in [2.05, 4.69) is 10.4 Å². The maximum Gasteiger partial charge on any atom is 0.276 e. The van der Waals surface area contributed by atoms with Crippen LogP contribution in [0.4, 0.5) is 10.1 Å². The molecule has 0 unspecified atom stereocenters. The van der Waals surface area contributed by atoms with E-state index in [1.54, 1.807) is 24.1 Å². The summed E-state index contributed by atoms with van der Waals surface area (Å²) in [5.74, 6) is -0.532. The Balaban J connectivity index is 1.53. The molecular weight excluding hydrogens is 469 g/mol. The molecule has 1 aromatic carbocycles. The Hall–Kier alpha value is -3.73. The number of carbonyl (C=O) groups is 2. The second-order valence-electron chi connectivity index (χ2n) is 9.08. The van der Waals surface area contributed by atoms with Gasteiger partial charge in [-0.15, -0.1) is 0 Å². The molecule has 11 heteroatoms. The largest absolute Gasteiger partial charge is 0.496 e. The molecule has 10 nitrogen and oxygen atoms in total. The van der Waals surface area contributed by atoms with E-state index < -0.39 is 24.4 Å². The number of aliphatic hydroxyl groups excluding tert-OH is 1. The van der Waals surface area contributed by atoms with E-state index in [4.69, 9.17) is 4.74 Å². The highest BCUT2D eigenvalue weighted by molar-refractivity contribution is 6.08. The molecule has 36 heavy (non-hydrogen) atoms. The number of rotatable bonds is 7. The van der Waals surface area contributed by atoms with Crippen LogP contribution in [-0.4, -0.2) is 62.5 Å². The Kier molecular flexibility index (Phi) is 7.39. The molecule has 0 spiro atoms. The molecule has 1 saturated carbocycles. The number of halogens is 1. The molecule has 1 atom stereocenters. The van der Waals surface area contributed by atoms with E-state index in [0.29, 0.717) is 11.3 Å². The van der Waals surface area contributed by atoms with Crippen molar-refractivity contribution in [3.05, 3.63) is 52.6 Å². The van der Waals surface area contributed by atoms with Gasteiger partial charge in [0, 0.05) is 36.9 Å². The fourth-order valence-corrected chi connectivity index (χ4v) is 4.71. The topological polar surface area (TPSA) is 119 Å². The van der Waals surface area contributed by atoms with Crippen LogP contribution in [0.5, 0.6) is 5.75 Å². The molecule has 1 aliphatic carbocycles. The van der Waals surface area contributed by atoms with Gasteiger partial charge in [0.15, 0.2) is 6.80 Å². The van der Waals surface area contributed by atoms with Crippen molar-refractivity contribution in [2.75, 3.05) is 19.5 Å². The Labute approximate surface area is 207 Å². The van der Waals surface area contributed by atoms with Gasteiger partial charge >= 0.3 is 0 Å². The highest BCUT2D eigenvalue weighted by atomic mass is 19.1. The van der Waals surface area contributed by atoms with E-state index in [1.165, 1.54) is 32.4 Å². The van der Waals surface area contributed by atoms with Gasteiger partial charge in [-0.25, -0.2) is 4.39 Å². The SMILES string of the molecule is COc1cc2nn([C@H]3CC[C@H](N(C)C(=O)[C@@H](C)O)CC3)cc2cc1C(=O)Nc1cccn(CF)c1=O. The lowest BCUT2D eigenvalue weighted by Crippen LogP contribution is -2.43. The monoisotopic (exact) mass is 499 g/mol. The van der Waals surface area contributed by atoms with Crippen LogP contribution in [-0.2, 0) is 11.6 Å². The number of hydrogen-bond donors (Lipinski definition) is 2. The van der Waals surface area contributed by atoms with Gasteiger partial charge in [-0.3, -0.25) is 23.6 Å². The first kappa shape index (κ1) is 25.4. The predicted octanol–water partition coefficient (Wildman–Crippen LogP) is 2.71. The first-order valence-electron chi connectivity index (χ1n) is 11.8. The number of alkyl halides is 1. The summed E-state index contributed by atoms with van der Waals surface area (Å²) in [6.45, 7) is 0.481. The Morgan fingerprint density at radius 2 is 2.03 bits per heavy atom. The predicted molar refractivity (Wildman–Crippen MR) is 132 cm³/mol. The van der Waals surface area contributed by atoms with Gasteiger partial charge in [0.1, 0.15) is 17.5 Å². The van der Waals surface area contributed by atoms with Crippen molar-refractivity contribution in [2.24, 2.45) is 0 Å². The normalized spacial score (nSPS) is 18.6. The lowest BCUT2D eigenvalue weighted by Gasteiger charge is -2.35. The Morgan fingerprint density at radius 1 is 1.31 bits per heavy atom. The summed E-state index contributed by atoms with van der Waals surface area (Å²) < 4.78 is 21.1. The minimum absolute atomic E-state index is 0.0335. The minimum atomic E-state index is -1.02. The van der Waals surface area contributed by atoms with Crippen molar-refractivity contribution >= 4 is 28.4 Å². The highest BCUT2D eigenvalue weighted by Gasteiger charge is 2.29. The van der Waals surface area contributed by atoms with E-state index >= 15 is 0 Å². The van der Waals surface area contributed by atoms with Crippen LogP contribution in [0.15, 0.2) is 41.5 Å². The molecule has 0 saturated heterocycles. The standard InChI is InChI=1S/C25H30FN5O5/c1-15(32)24(34)29(2)17-6-8-18(9-7-17)31-13-16-11-19(22(36-3)12-21(16)28-31)23(33)27-20-5-4-10-30(14-26)25(20)35/h4-5,10-13,15,17-18,32H,6-9,14H2,1-3H3,(H,27,33)/t15-,17-,18-/m1/s1. The summed E-state index contributed by atoms with van der Waals surface area (Å²) in [6.07, 6.45) is 5.37. The minimum Gasteiger partial charge on any atom is -0.496 e. The Bertz CT molecular complexity index is 1330. The second kappa shape index (κ2) is 10.5. The maximum atomic E-state index is 13.0. The molecular formula is C25H30FN5O5. The average molecular weight is 500 g/mol. The second-order valence-corrected chi connectivity index (χ2v) is 9.08. The van der Waals surface area contributed by atoms with Gasteiger partial charge in [-0.05, 0) is 50.8 Å². The van der Waals surface area contributed by atoms with Crippen molar-refractivity contribution < 1.29 is 23.8 Å². The number of benzene rings is 1. The first-order chi connectivity index (χ1) is 17.2. The first-order valence-corrected chi connectivity index (χ1v) is 11.8. The smallest absolute Gasteiger partial charge is 0.276 e. The van der Waals surface area contributed by atoms with Crippen LogP contribution >= 0.6 is 0 Å². The number of hydrogen-bond acceptors (Lipinski definition) is 6. The van der Waals surface area contributed by atoms with Crippen LogP contribution in [0, 0.1) is 0 Å². The number of carbonyl (C=O) groups excluding carboxylic acids is 2. The van der Waals surface area contributed by atoms with Crippen molar-refractivity contribution in [2.45, 2.75) is 57.6 Å². The number of fused-ring (bicyclic) bond motifs is 1. The van der Waals surface area contributed by atoms with Crippen molar-refractivity contribution in [1.82, 2.24) is 19.2 Å². The van der Waals surface area contributed by atoms with Crippen LogP contribution in [0.25, 0.3) is 10.9 Å². The molecule has 2 aromatic heterocycles. The number of methoxy groups -OCH3 is 1. The average Bonchev–Trinajstić information content (AvgIpc) is 3.31. The van der Waals surface area contributed by atoms with Gasteiger partial charge in [-0.1, -0.05) is 0 Å². The third-order valence-corrected chi connectivity index (χ3v) is 6.78. The van der Waals surface area contributed by atoms with Crippen molar-refractivity contribution in [3.63, 3.8) is 0 Å². The molecule has 3 aromatic rings. The van der Waals surface area contributed by atoms with Gasteiger partial charge < -0.3 is 20.1 Å². The number of aliphatic hydroxyl groups is 1. The van der Waals surface area contributed by atoms with Gasteiger partial charge in [-0.2, -0.15) is 5.10 Å². The summed E-state index contributed by atoms with van der Waals surface area (Å²) in [5.41, 5.74) is 0.208. The van der Waals surface area contributed by atoms with E-state index in [9.17, 15) is 23.9 Å². The third-order valence-electron chi connectivity index (χ3n) is 6.78. The van der Waals surface area contributed by atoms with Crippen LogP contribution in [0.3, 0.4) is 0 Å². The summed E-state index contributed by atoms with van der Waals surface area (Å²) in [5, 5.41) is 17.6. The number of nitrogens with one attached hydrogen (secondary N) is 1. The van der Waals surface area contributed by atoms with Crippen molar-refractivity contribution in [1.29, 1.82) is 0 Å². The summed E-state index contributed by atoms with van der Waals surface area (Å²) in [4.78, 5) is 39.0. The lowest BCUT2D eigenvalue weighted by atomic mass is 9.90. The lowest BCUT2D eigenvalue weighted by molar-refractivity contribution is -0.140. The number of nitrogens with zero attached hydrogens (tertiary/aromatic N) is 4. The maximum absolute atomic E-state index is 13.0. The number of likely N-dealkylation sites (N-methyl/N-ethyl adjacent to an activating group) is 1. The molecule has 1 fully saturated rings. The molecule has 0 radical (unpaired) electrons. The summed E-state index contributed by atoms with van der Waals surface area (Å²) in [7, 11) is 3.17. The van der Waals surface area contributed by atoms with Gasteiger partial charge in [0.2, 0.25) is 0 Å². The molecule has 4 rings (SSSR count). The number of pyridine rings is 1. The van der Waals surface area contributed by atoms with Crippen LogP contribution in [0.1, 0.15) is 49.0 Å². The van der Waals surface area contributed by atoms with E-state index in [0.717, 1.165) is 35.6 Å². The fourth-order valence-electron chi connectivity index (χ4n) is 4.71. The number of aromatic nitrogens is 3. The van der Waals surface area contributed by atoms with Crippen LogP contribution in [0.2, 0.25) is 0 Å². The molecule has 0 bridgehead atoms. The molecule has 2 N–H and O–H groups in total. The zero-order chi connectivity index (χ0) is 26.0. The zero-order valence-corrected chi connectivity index (χ0v) is 20.5. The van der Waals surface area contributed by atoms with E-state index in [1.807, 2.05) is 10.9 Å². The molecule has 0 aliphatic heterocycles. The summed E-state index contributed by atoms with van der Waals surface area (Å²) in [6, 6.07) is 6.43. The number of ether oxygens (including phenoxy) is 1. The Morgan fingerprint density at radius 3 is 2.67 bits per heavy atom. The van der Waals surface area contributed by atoms with Crippen LogP contribution < -0.4 is 15.6 Å². The van der Waals surface area contributed by atoms with E-state index in [-0.39, 0.29) is 29.2 Å². The number of anilines is 1. The van der Waals surface area contributed by atoms with Gasteiger partial charge in [0.25, 0.3) is 17.4 Å². The number of amides is 2. The molecule has 192 valence electrons. The molecule has 1 aliphatic rings. The quantitative estimate of drug-likeness (QED) is 0.516. The highest BCUT2D eigenvalue weighted by Crippen LogP contribution is 2.33.